The molecule has 0 radical (unpaired) electrons. The first-order valence-electron chi connectivity index (χ1n) is 9.62. The number of rotatable bonds is 4. The Kier molecular flexibility index (Phi) is 4.77. The van der Waals surface area contributed by atoms with E-state index in [1.165, 1.54) is 4.68 Å². The lowest BCUT2D eigenvalue weighted by Gasteiger charge is -2.12. The number of aryl methyl sites for hydroxylation is 1. The van der Waals surface area contributed by atoms with Crippen LogP contribution in [0.3, 0.4) is 0 Å². The molecule has 8 nitrogen and oxygen atoms in total. The minimum absolute atomic E-state index is 0.116. The van der Waals surface area contributed by atoms with Crippen molar-refractivity contribution in [2.45, 2.75) is 32.6 Å². The molecule has 0 spiro atoms. The minimum Gasteiger partial charge on any atom is -0.359 e. The van der Waals surface area contributed by atoms with E-state index in [9.17, 15) is 9.59 Å². The number of benzene rings is 1. The summed E-state index contributed by atoms with van der Waals surface area (Å²) in [5, 5.41) is 10.1. The molecule has 0 saturated heterocycles. The molecule has 30 heavy (non-hydrogen) atoms. The van der Waals surface area contributed by atoms with E-state index in [1.807, 2.05) is 51.1 Å². The summed E-state index contributed by atoms with van der Waals surface area (Å²) in [4.78, 5) is 28.8. The number of aromatic amines is 1. The third kappa shape index (κ3) is 3.89. The van der Waals surface area contributed by atoms with Crippen molar-refractivity contribution in [2.24, 2.45) is 7.05 Å². The van der Waals surface area contributed by atoms with Gasteiger partial charge in [-0.2, -0.15) is 0 Å². The number of carbonyl (C=O) groups excluding carboxylic acids is 1. The van der Waals surface area contributed by atoms with Gasteiger partial charge in [0.2, 0.25) is 5.91 Å². The van der Waals surface area contributed by atoms with Crippen LogP contribution in [0.15, 0.2) is 51.9 Å². The van der Waals surface area contributed by atoms with Crippen LogP contribution in [0.2, 0.25) is 0 Å². The summed E-state index contributed by atoms with van der Waals surface area (Å²) < 4.78 is 6.69. The van der Waals surface area contributed by atoms with E-state index in [0.29, 0.717) is 22.6 Å². The molecule has 3 aromatic heterocycles. The monoisotopic (exact) mass is 405 g/mol. The molecule has 3 heterocycles. The van der Waals surface area contributed by atoms with E-state index in [1.54, 1.807) is 19.3 Å². The molecular weight excluding hydrogens is 382 g/mol. The van der Waals surface area contributed by atoms with Crippen molar-refractivity contribution in [1.82, 2.24) is 19.9 Å². The SMILES string of the molecule is Cn1[nH]c2ncc(-c3ccc(CC(=O)Nc4cc(C(C)(C)C)on4)cc3)cc2c1=O. The van der Waals surface area contributed by atoms with Crippen LogP contribution in [-0.4, -0.2) is 25.8 Å². The third-order valence-corrected chi connectivity index (χ3v) is 4.87. The van der Waals surface area contributed by atoms with E-state index < -0.39 is 0 Å². The zero-order chi connectivity index (χ0) is 21.5. The van der Waals surface area contributed by atoms with Crippen molar-refractivity contribution in [1.29, 1.82) is 0 Å². The highest BCUT2D eigenvalue weighted by Gasteiger charge is 2.20. The molecule has 0 fully saturated rings. The lowest BCUT2D eigenvalue weighted by Crippen LogP contribution is -2.14. The van der Waals surface area contributed by atoms with Gasteiger partial charge in [0, 0.05) is 30.3 Å². The molecule has 0 saturated carbocycles. The standard InChI is InChI=1S/C22H23N5O3/c1-22(2,3)17-11-18(26-30-17)24-19(28)9-13-5-7-14(8-6-13)15-10-16-20(23-12-15)25-27(4)21(16)29/h5-8,10-12H,9H2,1-4H3,(H,23,25)(H,24,26,28). The molecule has 0 bridgehead atoms. The molecule has 4 rings (SSSR count). The number of anilines is 1. The van der Waals surface area contributed by atoms with Gasteiger partial charge < -0.3 is 9.84 Å². The van der Waals surface area contributed by atoms with Crippen molar-refractivity contribution in [3.05, 3.63) is 64.3 Å². The van der Waals surface area contributed by atoms with E-state index in [0.717, 1.165) is 16.7 Å². The Morgan fingerprint density at radius 2 is 1.90 bits per heavy atom. The Morgan fingerprint density at radius 3 is 2.57 bits per heavy atom. The van der Waals surface area contributed by atoms with Gasteiger partial charge in [-0.15, -0.1) is 0 Å². The fraction of sp³-hybridized carbons (Fsp3) is 0.273. The number of aromatic nitrogens is 4. The fourth-order valence-electron chi connectivity index (χ4n) is 3.14. The second-order valence-corrected chi connectivity index (χ2v) is 8.34. The Hall–Kier alpha value is -3.68. The van der Waals surface area contributed by atoms with Crippen LogP contribution < -0.4 is 10.9 Å². The molecule has 0 atom stereocenters. The van der Waals surface area contributed by atoms with Gasteiger partial charge >= 0.3 is 0 Å². The number of H-pyrrole nitrogens is 1. The van der Waals surface area contributed by atoms with Crippen molar-refractivity contribution in [3.63, 3.8) is 0 Å². The van der Waals surface area contributed by atoms with E-state index in [2.05, 4.69) is 20.6 Å². The van der Waals surface area contributed by atoms with Gasteiger partial charge in [0.05, 0.1) is 11.8 Å². The van der Waals surface area contributed by atoms with Crippen LogP contribution in [0.5, 0.6) is 0 Å². The maximum atomic E-state index is 12.3. The maximum Gasteiger partial charge on any atom is 0.275 e. The van der Waals surface area contributed by atoms with E-state index in [-0.39, 0.29) is 23.3 Å². The van der Waals surface area contributed by atoms with Gasteiger partial charge in [0.1, 0.15) is 5.76 Å². The van der Waals surface area contributed by atoms with Crippen molar-refractivity contribution in [3.8, 4) is 11.1 Å². The van der Waals surface area contributed by atoms with Gasteiger partial charge in [-0.3, -0.25) is 19.4 Å². The molecule has 4 aromatic rings. The number of hydrogen-bond donors (Lipinski definition) is 2. The summed E-state index contributed by atoms with van der Waals surface area (Å²) in [5.74, 6) is 0.953. The van der Waals surface area contributed by atoms with Crippen LogP contribution in [0.25, 0.3) is 22.2 Å². The van der Waals surface area contributed by atoms with Gasteiger partial charge in [-0.05, 0) is 17.2 Å². The van der Waals surface area contributed by atoms with Gasteiger partial charge in [-0.1, -0.05) is 50.2 Å². The maximum absolute atomic E-state index is 12.3. The summed E-state index contributed by atoms with van der Waals surface area (Å²) in [6, 6.07) is 11.2. The number of pyridine rings is 1. The number of fused-ring (bicyclic) bond motifs is 1. The smallest absolute Gasteiger partial charge is 0.275 e. The molecule has 0 aliphatic carbocycles. The summed E-state index contributed by atoms with van der Waals surface area (Å²) in [5.41, 5.74) is 2.89. The Balaban J connectivity index is 1.46. The predicted molar refractivity (Wildman–Crippen MR) is 114 cm³/mol. The second-order valence-electron chi connectivity index (χ2n) is 8.34. The topological polar surface area (TPSA) is 106 Å². The summed E-state index contributed by atoms with van der Waals surface area (Å²) >= 11 is 0. The first-order chi connectivity index (χ1) is 14.2. The van der Waals surface area contributed by atoms with Gasteiger partial charge in [0.25, 0.3) is 5.56 Å². The average Bonchev–Trinajstić information content (AvgIpc) is 3.27. The number of nitrogens with one attached hydrogen (secondary N) is 2. The number of amides is 1. The van der Waals surface area contributed by atoms with Crippen LogP contribution in [0.1, 0.15) is 32.1 Å². The zero-order valence-electron chi connectivity index (χ0n) is 17.3. The quantitative estimate of drug-likeness (QED) is 0.541. The Morgan fingerprint density at radius 1 is 1.17 bits per heavy atom. The highest BCUT2D eigenvalue weighted by atomic mass is 16.5. The molecule has 8 heteroatoms. The highest BCUT2D eigenvalue weighted by molar-refractivity contribution is 5.91. The molecular formula is C22H23N5O3. The Labute approximate surface area is 172 Å². The largest absolute Gasteiger partial charge is 0.359 e. The molecule has 0 aliphatic rings. The minimum atomic E-state index is -0.172. The average molecular weight is 405 g/mol. The van der Waals surface area contributed by atoms with E-state index >= 15 is 0 Å². The summed E-state index contributed by atoms with van der Waals surface area (Å²) in [7, 11) is 1.66. The van der Waals surface area contributed by atoms with Crippen LogP contribution in [0, 0.1) is 0 Å². The number of nitrogens with zero attached hydrogens (tertiary/aromatic N) is 3. The second kappa shape index (κ2) is 7.29. The normalized spacial score (nSPS) is 11.7. The zero-order valence-corrected chi connectivity index (χ0v) is 17.3. The fourth-order valence-corrected chi connectivity index (χ4v) is 3.14. The Bertz CT molecular complexity index is 1270. The lowest BCUT2D eigenvalue weighted by molar-refractivity contribution is -0.115. The molecule has 0 unspecified atom stereocenters. The molecule has 0 aliphatic heterocycles. The molecule has 154 valence electrons. The first kappa shape index (κ1) is 19.6. The van der Waals surface area contributed by atoms with E-state index in [4.69, 9.17) is 4.52 Å². The van der Waals surface area contributed by atoms with Gasteiger partial charge in [-0.25, -0.2) is 4.98 Å². The first-order valence-corrected chi connectivity index (χ1v) is 9.62. The van der Waals surface area contributed by atoms with Crippen LogP contribution in [0.4, 0.5) is 5.82 Å². The number of carbonyl (C=O) groups is 1. The van der Waals surface area contributed by atoms with Crippen molar-refractivity contribution >= 4 is 22.8 Å². The highest BCUT2D eigenvalue weighted by Crippen LogP contribution is 2.25. The van der Waals surface area contributed by atoms with Gasteiger partial charge in [0.15, 0.2) is 11.5 Å². The molecule has 1 amide bonds. The molecule has 1 aromatic carbocycles. The predicted octanol–water partition coefficient (Wildman–Crippen LogP) is 3.40. The summed E-state index contributed by atoms with van der Waals surface area (Å²) in [6.45, 7) is 6.05. The molecule has 2 N–H and O–H groups in total. The third-order valence-electron chi connectivity index (χ3n) is 4.87. The van der Waals surface area contributed by atoms with Crippen LogP contribution in [-0.2, 0) is 23.7 Å². The van der Waals surface area contributed by atoms with Crippen molar-refractivity contribution < 1.29 is 9.32 Å². The van der Waals surface area contributed by atoms with Crippen LogP contribution >= 0.6 is 0 Å². The number of hydrogen-bond acceptors (Lipinski definition) is 5. The lowest BCUT2D eigenvalue weighted by atomic mass is 9.93. The van der Waals surface area contributed by atoms with Crippen molar-refractivity contribution in [2.75, 3.05) is 5.32 Å². The summed E-state index contributed by atoms with van der Waals surface area (Å²) in [6.07, 6.45) is 1.94.